The van der Waals surface area contributed by atoms with Crippen LogP contribution < -0.4 is 5.73 Å². The standard InChI is InChI=1S/C13H16ClN3O2S/c14-12-6-10(7-15)3-4-13(12)20(18,19)17-5-1-2-11(8-16)9-17/h3-4,6,11H,1-2,5,8-9,16H2. The van der Waals surface area contributed by atoms with Gasteiger partial charge in [0.25, 0.3) is 0 Å². The second-order valence-corrected chi connectivity index (χ2v) is 7.18. The monoisotopic (exact) mass is 313 g/mol. The Kier molecular flexibility index (Phi) is 4.66. The zero-order chi connectivity index (χ0) is 14.8. The van der Waals surface area contributed by atoms with Gasteiger partial charge in [0.2, 0.25) is 10.0 Å². The number of nitrogens with zero attached hydrogens (tertiary/aromatic N) is 2. The normalized spacial score (nSPS) is 20.6. The molecule has 1 aromatic carbocycles. The van der Waals surface area contributed by atoms with Crippen LogP contribution in [0.15, 0.2) is 23.1 Å². The molecule has 20 heavy (non-hydrogen) atoms. The van der Waals surface area contributed by atoms with E-state index in [2.05, 4.69) is 0 Å². The number of nitriles is 1. The van der Waals surface area contributed by atoms with E-state index in [1.807, 2.05) is 6.07 Å². The molecule has 1 atom stereocenters. The summed E-state index contributed by atoms with van der Waals surface area (Å²) in [6.45, 7) is 1.39. The maximum absolute atomic E-state index is 12.6. The smallest absolute Gasteiger partial charge is 0.244 e. The number of piperidine rings is 1. The van der Waals surface area contributed by atoms with Crippen molar-refractivity contribution in [2.24, 2.45) is 11.7 Å². The van der Waals surface area contributed by atoms with E-state index in [9.17, 15) is 8.42 Å². The predicted molar refractivity (Wildman–Crippen MR) is 76.7 cm³/mol. The van der Waals surface area contributed by atoms with Crippen molar-refractivity contribution in [2.45, 2.75) is 17.7 Å². The van der Waals surface area contributed by atoms with Gasteiger partial charge in [-0.25, -0.2) is 8.42 Å². The maximum Gasteiger partial charge on any atom is 0.244 e. The minimum atomic E-state index is -3.62. The van der Waals surface area contributed by atoms with E-state index in [0.717, 1.165) is 12.8 Å². The third-order valence-corrected chi connectivity index (χ3v) is 5.84. The van der Waals surface area contributed by atoms with Crippen LogP contribution in [0.25, 0.3) is 0 Å². The van der Waals surface area contributed by atoms with Crippen LogP contribution in [0.4, 0.5) is 0 Å². The molecule has 0 saturated carbocycles. The van der Waals surface area contributed by atoms with Crippen LogP contribution in [0.5, 0.6) is 0 Å². The van der Waals surface area contributed by atoms with Crippen molar-refractivity contribution < 1.29 is 8.42 Å². The van der Waals surface area contributed by atoms with Crippen molar-refractivity contribution in [2.75, 3.05) is 19.6 Å². The number of hydrogen-bond donors (Lipinski definition) is 1. The highest BCUT2D eigenvalue weighted by Gasteiger charge is 2.31. The van der Waals surface area contributed by atoms with E-state index in [1.54, 1.807) is 0 Å². The summed E-state index contributed by atoms with van der Waals surface area (Å²) in [6.07, 6.45) is 1.75. The topological polar surface area (TPSA) is 87.2 Å². The summed E-state index contributed by atoms with van der Waals surface area (Å²) >= 11 is 6.00. The Bertz CT molecular complexity index is 640. The molecule has 0 aliphatic carbocycles. The van der Waals surface area contributed by atoms with Gasteiger partial charge in [-0.05, 0) is 43.5 Å². The number of benzene rings is 1. The van der Waals surface area contributed by atoms with Gasteiger partial charge in [0.05, 0.1) is 16.7 Å². The minimum Gasteiger partial charge on any atom is -0.330 e. The van der Waals surface area contributed by atoms with Crippen LogP contribution in [0.1, 0.15) is 18.4 Å². The minimum absolute atomic E-state index is 0.0517. The SMILES string of the molecule is N#Cc1ccc(S(=O)(=O)N2CCCC(CN)C2)c(Cl)c1. The fraction of sp³-hybridized carbons (Fsp3) is 0.462. The van der Waals surface area contributed by atoms with E-state index in [0.29, 0.717) is 25.2 Å². The van der Waals surface area contributed by atoms with Gasteiger partial charge >= 0.3 is 0 Å². The number of halogens is 1. The van der Waals surface area contributed by atoms with E-state index >= 15 is 0 Å². The van der Waals surface area contributed by atoms with Gasteiger partial charge in [-0.1, -0.05) is 11.6 Å². The largest absolute Gasteiger partial charge is 0.330 e. The first-order valence-electron chi connectivity index (χ1n) is 6.39. The Balaban J connectivity index is 2.33. The van der Waals surface area contributed by atoms with Crippen LogP contribution in [0.3, 0.4) is 0 Å². The Labute approximate surface area is 124 Å². The van der Waals surface area contributed by atoms with Gasteiger partial charge in [-0.2, -0.15) is 9.57 Å². The third-order valence-electron chi connectivity index (χ3n) is 3.49. The summed E-state index contributed by atoms with van der Waals surface area (Å²) in [5.41, 5.74) is 5.97. The van der Waals surface area contributed by atoms with Crippen molar-refractivity contribution in [1.29, 1.82) is 5.26 Å². The molecule has 1 heterocycles. The maximum atomic E-state index is 12.6. The van der Waals surface area contributed by atoms with E-state index < -0.39 is 10.0 Å². The fourth-order valence-corrected chi connectivity index (χ4v) is 4.43. The molecule has 0 spiro atoms. The van der Waals surface area contributed by atoms with E-state index in [1.165, 1.54) is 22.5 Å². The Morgan fingerprint density at radius 1 is 1.50 bits per heavy atom. The quantitative estimate of drug-likeness (QED) is 0.917. The lowest BCUT2D eigenvalue weighted by molar-refractivity contribution is 0.271. The Hall–Kier alpha value is -1.13. The van der Waals surface area contributed by atoms with Crippen LogP contribution >= 0.6 is 11.6 Å². The molecular weight excluding hydrogens is 298 g/mol. The van der Waals surface area contributed by atoms with Crippen LogP contribution in [-0.4, -0.2) is 32.4 Å². The molecule has 1 aliphatic heterocycles. The van der Waals surface area contributed by atoms with E-state index in [-0.39, 0.29) is 15.8 Å². The number of rotatable bonds is 3. The first-order chi connectivity index (χ1) is 9.48. The summed E-state index contributed by atoms with van der Waals surface area (Å²) in [4.78, 5) is 0.0517. The lowest BCUT2D eigenvalue weighted by Gasteiger charge is -2.31. The molecule has 2 rings (SSSR count). The highest BCUT2D eigenvalue weighted by Crippen LogP contribution is 2.28. The lowest BCUT2D eigenvalue weighted by Crippen LogP contribution is -2.42. The summed E-state index contributed by atoms with van der Waals surface area (Å²) in [5, 5.41) is 8.87. The van der Waals surface area contributed by atoms with Crippen molar-refractivity contribution >= 4 is 21.6 Å². The zero-order valence-corrected chi connectivity index (χ0v) is 12.5. The summed E-state index contributed by atoms with van der Waals surface area (Å²) in [6, 6.07) is 6.16. The highest BCUT2D eigenvalue weighted by atomic mass is 35.5. The van der Waals surface area contributed by atoms with Crippen molar-refractivity contribution in [3.63, 3.8) is 0 Å². The average molecular weight is 314 g/mol. The molecule has 1 aliphatic rings. The average Bonchev–Trinajstić information content (AvgIpc) is 2.46. The van der Waals surface area contributed by atoms with Gasteiger partial charge < -0.3 is 5.73 Å². The first-order valence-corrected chi connectivity index (χ1v) is 8.20. The summed E-state index contributed by atoms with van der Waals surface area (Å²) < 4.78 is 26.6. The summed E-state index contributed by atoms with van der Waals surface area (Å²) in [5.74, 6) is 0.190. The second-order valence-electron chi connectivity index (χ2n) is 4.86. The van der Waals surface area contributed by atoms with E-state index in [4.69, 9.17) is 22.6 Å². The van der Waals surface area contributed by atoms with Crippen molar-refractivity contribution in [3.8, 4) is 6.07 Å². The molecule has 1 unspecified atom stereocenters. The fourth-order valence-electron chi connectivity index (χ4n) is 2.36. The first kappa shape index (κ1) is 15.3. The molecule has 2 N–H and O–H groups in total. The Morgan fingerprint density at radius 2 is 2.25 bits per heavy atom. The number of nitrogens with two attached hydrogens (primary N) is 1. The molecule has 7 heteroatoms. The molecule has 5 nitrogen and oxygen atoms in total. The van der Waals surface area contributed by atoms with Gasteiger partial charge in [-0.3, -0.25) is 0 Å². The predicted octanol–water partition coefficient (Wildman–Crippen LogP) is 1.57. The second kappa shape index (κ2) is 6.10. The molecule has 0 radical (unpaired) electrons. The Morgan fingerprint density at radius 3 is 2.85 bits per heavy atom. The van der Waals surface area contributed by atoms with Crippen LogP contribution in [0.2, 0.25) is 5.02 Å². The molecule has 0 amide bonds. The van der Waals surface area contributed by atoms with Crippen molar-refractivity contribution in [3.05, 3.63) is 28.8 Å². The number of sulfonamides is 1. The van der Waals surface area contributed by atoms with Gasteiger partial charge in [0.1, 0.15) is 4.90 Å². The van der Waals surface area contributed by atoms with Crippen LogP contribution in [-0.2, 0) is 10.0 Å². The highest BCUT2D eigenvalue weighted by molar-refractivity contribution is 7.89. The van der Waals surface area contributed by atoms with Crippen molar-refractivity contribution in [1.82, 2.24) is 4.31 Å². The molecule has 0 bridgehead atoms. The van der Waals surface area contributed by atoms with Gasteiger partial charge in [0, 0.05) is 13.1 Å². The molecule has 0 aromatic heterocycles. The number of hydrogen-bond acceptors (Lipinski definition) is 4. The molecular formula is C13H16ClN3O2S. The zero-order valence-electron chi connectivity index (χ0n) is 10.9. The summed E-state index contributed by atoms with van der Waals surface area (Å²) in [7, 11) is -3.62. The van der Waals surface area contributed by atoms with Crippen LogP contribution in [0, 0.1) is 17.2 Å². The van der Waals surface area contributed by atoms with Gasteiger partial charge in [0.15, 0.2) is 0 Å². The molecule has 108 valence electrons. The third kappa shape index (κ3) is 2.96. The van der Waals surface area contributed by atoms with Gasteiger partial charge in [-0.15, -0.1) is 0 Å². The lowest BCUT2D eigenvalue weighted by atomic mass is 10.0. The molecule has 1 saturated heterocycles. The molecule has 1 fully saturated rings. The molecule has 1 aromatic rings.